The molecule has 4 N–H and O–H groups in total. The van der Waals surface area contributed by atoms with Crippen LogP contribution in [0, 0.1) is 24.1 Å². The molecule has 4 heterocycles. The average Bonchev–Trinajstić information content (AvgIpc) is 3.51. The first-order valence-corrected chi connectivity index (χ1v) is 14.7. The number of phenolic OH excluding ortho intramolecular Hbond substituents is 1. The smallest absolute Gasteiger partial charge is 0.154 e. The number of phenols is 1. The summed E-state index contributed by atoms with van der Waals surface area (Å²) in [4.78, 5) is 6.83. The summed E-state index contributed by atoms with van der Waals surface area (Å²) < 4.78 is 21.9. The highest BCUT2D eigenvalue weighted by Crippen LogP contribution is 2.39. The van der Waals surface area contributed by atoms with Gasteiger partial charge in [-0.3, -0.25) is 4.90 Å². The number of aromatic nitrogens is 2. The van der Waals surface area contributed by atoms with Crippen molar-refractivity contribution in [3.63, 3.8) is 0 Å². The Labute approximate surface area is 254 Å². The maximum absolute atomic E-state index is 14.7. The summed E-state index contributed by atoms with van der Waals surface area (Å²) in [5.41, 5.74) is 11.5. The predicted molar refractivity (Wildman–Crippen MR) is 166 cm³/mol. The molecule has 2 aliphatic rings. The number of fused-ring (bicyclic) bond motifs is 3. The predicted octanol–water partition coefficient (Wildman–Crippen LogP) is 6.17. The highest BCUT2D eigenvalue weighted by molar-refractivity contribution is 6.33. The first kappa shape index (κ1) is 28.8. The van der Waals surface area contributed by atoms with Crippen molar-refractivity contribution in [2.24, 2.45) is 10.7 Å². The first-order valence-electron chi connectivity index (χ1n) is 14.3. The van der Waals surface area contributed by atoms with Gasteiger partial charge in [-0.15, -0.1) is 0 Å². The zero-order chi connectivity index (χ0) is 30.2. The fraction of sp³-hybridized carbons (Fsp3) is 0.344. The van der Waals surface area contributed by atoms with Gasteiger partial charge in [0.1, 0.15) is 23.0 Å². The molecule has 6 rings (SSSR count). The van der Waals surface area contributed by atoms with E-state index in [-0.39, 0.29) is 28.3 Å². The molecule has 0 saturated carbocycles. The van der Waals surface area contributed by atoms with E-state index in [0.717, 1.165) is 71.9 Å². The van der Waals surface area contributed by atoms with Gasteiger partial charge in [-0.05, 0) is 61.9 Å². The molecule has 3 atom stereocenters. The van der Waals surface area contributed by atoms with E-state index in [9.17, 15) is 9.50 Å². The summed E-state index contributed by atoms with van der Waals surface area (Å²) in [6.07, 6.45) is 8.20. The second kappa shape index (κ2) is 11.7. The number of hydrogen-bond acceptors (Lipinski definition) is 7. The molecule has 2 aliphatic heterocycles. The van der Waals surface area contributed by atoms with Gasteiger partial charge in [0.25, 0.3) is 0 Å². The van der Waals surface area contributed by atoms with E-state index in [1.54, 1.807) is 13.3 Å². The molecule has 43 heavy (non-hydrogen) atoms. The standard InChI is InChI=1S/C32H33ClFN7O2/c1-18-10-24(43-2)6-7-25(18)19-11-29-30(38-20-12-21-4-5-22(13-20)40(21)9-3-8-35)26(16-37-41(29)17-19)32(36)39-31-27(33)14-23(42)15-28(31)34/h6-7,10-11,14-17,20-22,38,42H,3-5,9,12-13H2,1-2H3,(H2,36,39)/t20?,21-,22+. The number of aryl methyl sites for hydroxylation is 1. The van der Waals surface area contributed by atoms with Crippen LogP contribution in [0.4, 0.5) is 15.8 Å². The van der Waals surface area contributed by atoms with E-state index >= 15 is 0 Å². The van der Waals surface area contributed by atoms with E-state index in [1.165, 1.54) is 6.07 Å². The van der Waals surface area contributed by atoms with Crippen molar-refractivity contribution in [1.29, 1.82) is 5.26 Å². The Hall–Kier alpha value is -4.33. The number of nitrogens with zero attached hydrogens (tertiary/aromatic N) is 5. The van der Waals surface area contributed by atoms with Crippen LogP contribution in [0.2, 0.25) is 5.02 Å². The third-order valence-electron chi connectivity index (χ3n) is 8.61. The average molecular weight is 602 g/mol. The summed E-state index contributed by atoms with van der Waals surface area (Å²) in [7, 11) is 1.65. The van der Waals surface area contributed by atoms with Crippen molar-refractivity contribution in [3.8, 4) is 28.7 Å². The van der Waals surface area contributed by atoms with Gasteiger partial charge < -0.3 is 20.9 Å². The van der Waals surface area contributed by atoms with Crippen LogP contribution in [-0.4, -0.2) is 57.2 Å². The van der Waals surface area contributed by atoms with Crippen LogP contribution in [0.25, 0.3) is 16.6 Å². The molecule has 222 valence electrons. The number of amidine groups is 1. The monoisotopic (exact) mass is 601 g/mol. The number of rotatable bonds is 8. The topological polar surface area (TPSA) is 124 Å². The fourth-order valence-electron chi connectivity index (χ4n) is 6.62. The van der Waals surface area contributed by atoms with E-state index in [1.807, 2.05) is 35.8 Å². The highest BCUT2D eigenvalue weighted by Gasteiger charge is 2.40. The first-order chi connectivity index (χ1) is 20.7. The lowest BCUT2D eigenvalue weighted by molar-refractivity contribution is 0.136. The maximum Gasteiger partial charge on any atom is 0.154 e. The molecular weight excluding hydrogens is 569 g/mol. The van der Waals surface area contributed by atoms with Crippen LogP contribution in [-0.2, 0) is 0 Å². The lowest BCUT2D eigenvalue weighted by atomic mass is 9.96. The molecule has 2 fully saturated rings. The zero-order valence-electron chi connectivity index (χ0n) is 24.0. The quantitative estimate of drug-likeness (QED) is 0.163. The normalized spacial score (nSPS) is 20.3. The number of nitriles is 1. The molecule has 0 spiro atoms. The lowest BCUT2D eigenvalue weighted by Crippen LogP contribution is -2.47. The van der Waals surface area contributed by atoms with Gasteiger partial charge in [-0.1, -0.05) is 17.7 Å². The van der Waals surface area contributed by atoms with Gasteiger partial charge in [-0.2, -0.15) is 10.4 Å². The van der Waals surface area contributed by atoms with Gasteiger partial charge in [0.15, 0.2) is 5.82 Å². The maximum atomic E-state index is 14.7. The summed E-state index contributed by atoms with van der Waals surface area (Å²) in [6.45, 7) is 2.83. The number of anilines is 1. The summed E-state index contributed by atoms with van der Waals surface area (Å²) in [5, 5.41) is 27.2. The summed E-state index contributed by atoms with van der Waals surface area (Å²) in [5.74, 6) is -0.247. The third-order valence-corrected chi connectivity index (χ3v) is 8.89. The second-order valence-corrected chi connectivity index (χ2v) is 11.7. The van der Waals surface area contributed by atoms with Crippen molar-refractivity contribution in [3.05, 3.63) is 70.8 Å². The molecule has 2 bridgehead atoms. The Kier molecular flexibility index (Phi) is 7.86. The van der Waals surface area contributed by atoms with E-state index in [2.05, 4.69) is 32.4 Å². The molecular formula is C32H33ClFN7O2. The highest BCUT2D eigenvalue weighted by atomic mass is 35.5. The molecule has 0 aliphatic carbocycles. The zero-order valence-corrected chi connectivity index (χ0v) is 24.8. The van der Waals surface area contributed by atoms with Crippen LogP contribution in [0.15, 0.2) is 53.8 Å². The van der Waals surface area contributed by atoms with Gasteiger partial charge in [0.2, 0.25) is 0 Å². The molecule has 0 amide bonds. The number of hydrogen-bond donors (Lipinski definition) is 3. The minimum absolute atomic E-state index is 0.0433. The van der Waals surface area contributed by atoms with Crippen molar-refractivity contribution < 1.29 is 14.2 Å². The number of methoxy groups -OCH3 is 1. The van der Waals surface area contributed by atoms with Crippen molar-refractivity contribution >= 4 is 34.3 Å². The molecule has 11 heteroatoms. The van der Waals surface area contributed by atoms with Crippen LogP contribution < -0.4 is 15.8 Å². The van der Waals surface area contributed by atoms with Crippen LogP contribution in [0.5, 0.6) is 11.5 Å². The number of aliphatic imine (C=N–C) groups is 1. The molecule has 0 radical (unpaired) electrons. The molecule has 9 nitrogen and oxygen atoms in total. The number of nitrogens with two attached hydrogens (primary N) is 1. The Bertz CT molecular complexity index is 1730. The third kappa shape index (κ3) is 5.58. The summed E-state index contributed by atoms with van der Waals surface area (Å²) in [6, 6.07) is 13.4. The van der Waals surface area contributed by atoms with E-state index < -0.39 is 5.82 Å². The molecule has 1 unspecified atom stereocenters. The largest absolute Gasteiger partial charge is 0.508 e. The number of benzene rings is 2. The van der Waals surface area contributed by atoms with Gasteiger partial charge in [0.05, 0.1) is 41.2 Å². The minimum Gasteiger partial charge on any atom is -0.508 e. The number of halogens is 2. The van der Waals surface area contributed by atoms with Crippen LogP contribution in [0.3, 0.4) is 0 Å². The van der Waals surface area contributed by atoms with Crippen LogP contribution >= 0.6 is 11.6 Å². The number of ether oxygens (including phenoxy) is 1. The van der Waals surface area contributed by atoms with Gasteiger partial charge in [0, 0.05) is 55.0 Å². The SMILES string of the molecule is COc1ccc(-c2cc3c(NC4C[C@H]5CC[C@@H](C4)N5CCC#N)c(C(N)=Nc4c(F)cc(O)cc4Cl)cnn3c2)c(C)c1. The molecule has 2 aromatic carbocycles. The number of piperidine rings is 1. The van der Waals surface area contributed by atoms with Gasteiger partial charge >= 0.3 is 0 Å². The lowest BCUT2D eigenvalue weighted by Gasteiger charge is -2.39. The number of nitrogens with one attached hydrogen (secondary N) is 1. The van der Waals surface area contributed by atoms with Crippen LogP contribution in [0.1, 0.15) is 43.2 Å². The van der Waals surface area contributed by atoms with Crippen molar-refractivity contribution in [1.82, 2.24) is 14.5 Å². The fourth-order valence-corrected chi connectivity index (χ4v) is 6.86. The van der Waals surface area contributed by atoms with Gasteiger partial charge in [-0.25, -0.2) is 13.9 Å². The Morgan fingerprint density at radius 3 is 2.70 bits per heavy atom. The van der Waals surface area contributed by atoms with Crippen molar-refractivity contribution in [2.45, 2.75) is 57.2 Å². The number of aromatic hydroxyl groups is 1. The van der Waals surface area contributed by atoms with Crippen molar-refractivity contribution in [2.75, 3.05) is 19.0 Å². The van der Waals surface area contributed by atoms with E-state index in [0.29, 0.717) is 24.1 Å². The Morgan fingerprint density at radius 1 is 1.26 bits per heavy atom. The second-order valence-electron chi connectivity index (χ2n) is 11.3. The Morgan fingerprint density at radius 2 is 2.02 bits per heavy atom. The summed E-state index contributed by atoms with van der Waals surface area (Å²) >= 11 is 6.22. The van der Waals surface area contributed by atoms with E-state index in [4.69, 9.17) is 27.3 Å². The molecule has 4 aromatic rings. The minimum atomic E-state index is -0.780. The molecule has 2 saturated heterocycles. The molecule has 2 aromatic heterocycles. The Balaban J connectivity index is 1.42.